The maximum absolute atomic E-state index is 6.06. The van der Waals surface area contributed by atoms with E-state index in [9.17, 15) is 0 Å². The van der Waals surface area contributed by atoms with Crippen molar-refractivity contribution in [3.63, 3.8) is 0 Å². The van der Waals surface area contributed by atoms with Gasteiger partial charge < -0.3 is 4.74 Å². The van der Waals surface area contributed by atoms with Crippen LogP contribution in [0.15, 0.2) is 42.5 Å². The number of rotatable bonds is 0. The van der Waals surface area contributed by atoms with Crippen LogP contribution in [-0.2, 0) is 5.60 Å². The van der Waals surface area contributed by atoms with Crippen LogP contribution in [0.5, 0.6) is 5.75 Å². The zero-order valence-electron chi connectivity index (χ0n) is 9.83. The SMILES string of the molecule is CC1(C)Oc2ccc(Cl)cc2-c2ccccc21. The second-order valence-electron chi connectivity index (χ2n) is 4.80. The summed E-state index contributed by atoms with van der Waals surface area (Å²) in [7, 11) is 0. The van der Waals surface area contributed by atoms with E-state index in [2.05, 4.69) is 26.0 Å². The lowest BCUT2D eigenvalue weighted by Gasteiger charge is -2.34. The molecule has 0 saturated carbocycles. The molecule has 0 amide bonds. The summed E-state index contributed by atoms with van der Waals surface area (Å²) in [5.41, 5.74) is 3.20. The lowest BCUT2D eigenvalue weighted by Crippen LogP contribution is -2.29. The zero-order chi connectivity index (χ0) is 12.0. The number of fused-ring (bicyclic) bond motifs is 3. The Balaban J connectivity index is 2.33. The lowest BCUT2D eigenvalue weighted by atomic mass is 9.86. The van der Waals surface area contributed by atoms with Crippen molar-refractivity contribution in [2.75, 3.05) is 0 Å². The van der Waals surface area contributed by atoms with Gasteiger partial charge in [-0.05, 0) is 37.6 Å². The molecule has 0 saturated heterocycles. The van der Waals surface area contributed by atoms with E-state index in [1.165, 1.54) is 11.1 Å². The summed E-state index contributed by atoms with van der Waals surface area (Å²) in [6, 6.07) is 14.1. The molecule has 86 valence electrons. The van der Waals surface area contributed by atoms with Gasteiger partial charge in [0.25, 0.3) is 0 Å². The normalized spacial score (nSPS) is 15.7. The maximum atomic E-state index is 6.06. The molecule has 0 aromatic heterocycles. The molecule has 1 heterocycles. The summed E-state index contributed by atoms with van der Waals surface area (Å²) in [5, 5.41) is 0.738. The van der Waals surface area contributed by atoms with Crippen LogP contribution in [0.1, 0.15) is 19.4 Å². The van der Waals surface area contributed by atoms with E-state index >= 15 is 0 Å². The molecule has 0 fully saturated rings. The molecule has 0 radical (unpaired) electrons. The first-order valence-corrected chi connectivity index (χ1v) is 6.04. The third-order valence-corrected chi connectivity index (χ3v) is 3.41. The van der Waals surface area contributed by atoms with E-state index in [4.69, 9.17) is 16.3 Å². The van der Waals surface area contributed by atoms with Crippen molar-refractivity contribution < 1.29 is 4.74 Å². The van der Waals surface area contributed by atoms with Crippen molar-refractivity contribution in [1.29, 1.82) is 0 Å². The summed E-state index contributed by atoms with van der Waals surface area (Å²) in [5.74, 6) is 0.901. The Hall–Kier alpha value is -1.47. The molecular weight excluding hydrogens is 232 g/mol. The molecule has 0 N–H and O–H groups in total. The Morgan fingerprint density at radius 1 is 1.00 bits per heavy atom. The van der Waals surface area contributed by atoms with E-state index < -0.39 is 0 Å². The molecule has 0 aliphatic carbocycles. The van der Waals surface area contributed by atoms with E-state index in [1.807, 2.05) is 30.3 Å². The first-order chi connectivity index (χ1) is 8.08. The van der Waals surface area contributed by atoms with Crippen molar-refractivity contribution in [1.82, 2.24) is 0 Å². The van der Waals surface area contributed by atoms with Crippen LogP contribution in [0.4, 0.5) is 0 Å². The zero-order valence-corrected chi connectivity index (χ0v) is 10.6. The fourth-order valence-corrected chi connectivity index (χ4v) is 2.55. The smallest absolute Gasteiger partial charge is 0.129 e. The Bertz CT molecular complexity index is 587. The second kappa shape index (κ2) is 3.51. The highest BCUT2D eigenvalue weighted by atomic mass is 35.5. The van der Waals surface area contributed by atoms with E-state index in [0.717, 1.165) is 16.3 Å². The standard InChI is InChI=1S/C15H13ClO/c1-15(2)13-6-4-3-5-11(13)12-9-10(16)7-8-14(12)17-15/h3-9H,1-2H3. The van der Waals surface area contributed by atoms with Gasteiger partial charge in [-0.3, -0.25) is 0 Å². The van der Waals surface area contributed by atoms with Gasteiger partial charge in [0, 0.05) is 16.1 Å². The second-order valence-corrected chi connectivity index (χ2v) is 5.23. The van der Waals surface area contributed by atoms with Gasteiger partial charge in [0.15, 0.2) is 0 Å². The first-order valence-electron chi connectivity index (χ1n) is 5.66. The fourth-order valence-electron chi connectivity index (χ4n) is 2.37. The predicted molar refractivity (Wildman–Crippen MR) is 70.5 cm³/mol. The minimum atomic E-state index is -0.294. The first kappa shape index (κ1) is 10.7. The van der Waals surface area contributed by atoms with Gasteiger partial charge in [-0.15, -0.1) is 0 Å². The van der Waals surface area contributed by atoms with Gasteiger partial charge in [0.2, 0.25) is 0 Å². The summed E-state index contributed by atoms with van der Waals surface area (Å²) < 4.78 is 6.04. The molecule has 0 bridgehead atoms. The number of halogens is 1. The van der Waals surface area contributed by atoms with Crippen molar-refractivity contribution in [3.8, 4) is 16.9 Å². The molecule has 1 aliphatic rings. The molecule has 17 heavy (non-hydrogen) atoms. The molecule has 2 aromatic rings. The van der Waals surface area contributed by atoms with Crippen LogP contribution in [0.2, 0.25) is 5.02 Å². The summed E-state index contributed by atoms with van der Waals surface area (Å²) in [4.78, 5) is 0. The summed E-state index contributed by atoms with van der Waals surface area (Å²) in [6.45, 7) is 4.17. The monoisotopic (exact) mass is 244 g/mol. The largest absolute Gasteiger partial charge is 0.482 e. The van der Waals surface area contributed by atoms with Crippen LogP contribution in [-0.4, -0.2) is 0 Å². The van der Waals surface area contributed by atoms with Crippen molar-refractivity contribution in [2.45, 2.75) is 19.4 Å². The molecule has 2 heteroatoms. The molecule has 1 aliphatic heterocycles. The van der Waals surface area contributed by atoms with Crippen molar-refractivity contribution in [2.24, 2.45) is 0 Å². The molecule has 0 atom stereocenters. The number of benzene rings is 2. The van der Waals surface area contributed by atoms with Crippen LogP contribution in [0.3, 0.4) is 0 Å². The van der Waals surface area contributed by atoms with E-state index in [0.29, 0.717) is 0 Å². The Morgan fingerprint density at radius 3 is 2.59 bits per heavy atom. The van der Waals surface area contributed by atoms with Crippen molar-refractivity contribution >= 4 is 11.6 Å². The Kier molecular flexibility index (Phi) is 2.20. The minimum Gasteiger partial charge on any atom is -0.482 e. The molecule has 2 aromatic carbocycles. The van der Waals surface area contributed by atoms with Crippen LogP contribution in [0.25, 0.3) is 11.1 Å². The van der Waals surface area contributed by atoms with Gasteiger partial charge in [-0.1, -0.05) is 35.9 Å². The van der Waals surface area contributed by atoms with Gasteiger partial charge in [0.05, 0.1) is 0 Å². The molecule has 3 rings (SSSR count). The topological polar surface area (TPSA) is 9.23 Å². The van der Waals surface area contributed by atoms with Crippen LogP contribution in [0, 0.1) is 0 Å². The van der Waals surface area contributed by atoms with Crippen LogP contribution >= 0.6 is 11.6 Å². The third kappa shape index (κ3) is 1.62. The highest BCUT2D eigenvalue weighted by Gasteiger charge is 2.31. The van der Waals surface area contributed by atoms with E-state index in [-0.39, 0.29) is 5.60 Å². The molecular formula is C15H13ClO. The van der Waals surface area contributed by atoms with Crippen molar-refractivity contribution in [3.05, 3.63) is 53.1 Å². The average molecular weight is 245 g/mol. The van der Waals surface area contributed by atoms with E-state index in [1.54, 1.807) is 0 Å². The quantitative estimate of drug-likeness (QED) is 0.656. The Morgan fingerprint density at radius 2 is 1.76 bits per heavy atom. The number of ether oxygens (including phenoxy) is 1. The van der Waals surface area contributed by atoms with Gasteiger partial charge in [-0.2, -0.15) is 0 Å². The number of hydrogen-bond acceptors (Lipinski definition) is 1. The Labute approximate surface area is 106 Å². The molecule has 0 unspecified atom stereocenters. The van der Waals surface area contributed by atoms with Gasteiger partial charge >= 0.3 is 0 Å². The summed E-state index contributed by atoms with van der Waals surface area (Å²) >= 11 is 6.06. The van der Waals surface area contributed by atoms with Gasteiger partial charge in [0.1, 0.15) is 11.4 Å². The lowest BCUT2D eigenvalue weighted by molar-refractivity contribution is 0.106. The maximum Gasteiger partial charge on any atom is 0.129 e. The highest BCUT2D eigenvalue weighted by Crippen LogP contribution is 2.45. The number of hydrogen-bond donors (Lipinski definition) is 0. The minimum absolute atomic E-state index is 0.294. The highest BCUT2D eigenvalue weighted by molar-refractivity contribution is 6.31. The van der Waals surface area contributed by atoms with Crippen LogP contribution < -0.4 is 4.74 Å². The van der Waals surface area contributed by atoms with Gasteiger partial charge in [-0.25, -0.2) is 0 Å². The summed E-state index contributed by atoms with van der Waals surface area (Å²) in [6.07, 6.45) is 0. The molecule has 0 spiro atoms. The third-order valence-electron chi connectivity index (χ3n) is 3.17. The average Bonchev–Trinajstić information content (AvgIpc) is 2.30. The molecule has 1 nitrogen and oxygen atoms in total. The fraction of sp³-hybridized carbons (Fsp3) is 0.200. The predicted octanol–water partition coefficient (Wildman–Crippen LogP) is 4.63.